The van der Waals surface area contributed by atoms with Gasteiger partial charge in [0.1, 0.15) is 0 Å². The van der Waals surface area contributed by atoms with Gasteiger partial charge in [0, 0.05) is 25.6 Å². The summed E-state index contributed by atoms with van der Waals surface area (Å²) in [5.41, 5.74) is 0.102. The van der Waals surface area contributed by atoms with Gasteiger partial charge in [0.05, 0.1) is 13.2 Å². The highest BCUT2D eigenvalue weighted by Gasteiger charge is 2.36. The van der Waals surface area contributed by atoms with Crippen molar-refractivity contribution in [2.75, 3.05) is 26.3 Å². The summed E-state index contributed by atoms with van der Waals surface area (Å²) >= 11 is 0. The van der Waals surface area contributed by atoms with Gasteiger partial charge in [0.15, 0.2) is 5.78 Å². The first kappa shape index (κ1) is 10.8. The summed E-state index contributed by atoms with van der Waals surface area (Å²) in [5, 5.41) is 0. The van der Waals surface area contributed by atoms with Gasteiger partial charge in [-0.1, -0.05) is 19.9 Å². The van der Waals surface area contributed by atoms with Crippen LogP contribution in [0.1, 0.15) is 20.3 Å². The molecule has 0 amide bonds. The van der Waals surface area contributed by atoms with Crippen LogP contribution in [-0.4, -0.2) is 43.0 Å². The first-order valence-electron chi connectivity index (χ1n) is 5.63. The highest BCUT2D eigenvalue weighted by molar-refractivity contribution is 5.91. The van der Waals surface area contributed by atoms with Gasteiger partial charge in [-0.05, 0) is 11.5 Å². The van der Waals surface area contributed by atoms with Crippen LogP contribution in [0.5, 0.6) is 0 Å². The molecule has 1 aliphatic heterocycles. The Labute approximate surface area is 91.1 Å². The Morgan fingerprint density at radius 1 is 1.40 bits per heavy atom. The summed E-state index contributed by atoms with van der Waals surface area (Å²) in [7, 11) is 0. The van der Waals surface area contributed by atoms with Crippen LogP contribution in [0.15, 0.2) is 12.2 Å². The molecule has 1 atom stereocenters. The molecule has 0 N–H and O–H groups in total. The van der Waals surface area contributed by atoms with Crippen LogP contribution >= 0.6 is 0 Å². The van der Waals surface area contributed by atoms with Crippen LogP contribution in [0.25, 0.3) is 0 Å². The molecule has 1 aliphatic carbocycles. The number of hydrogen-bond donors (Lipinski definition) is 0. The zero-order chi connectivity index (χ0) is 10.9. The summed E-state index contributed by atoms with van der Waals surface area (Å²) in [4.78, 5) is 13.9. The van der Waals surface area contributed by atoms with Crippen molar-refractivity contribution in [2.45, 2.75) is 26.3 Å². The molecule has 84 valence electrons. The van der Waals surface area contributed by atoms with Crippen molar-refractivity contribution >= 4 is 5.78 Å². The number of allylic oxidation sites excluding steroid dienone is 1. The first-order chi connectivity index (χ1) is 7.09. The molecule has 1 unspecified atom stereocenters. The SMILES string of the molecule is CC1(C)C=CC(=O)CC1N1CCOCC1. The number of morpholine rings is 1. The van der Waals surface area contributed by atoms with Crippen LogP contribution in [0.3, 0.4) is 0 Å². The summed E-state index contributed by atoms with van der Waals surface area (Å²) in [6.45, 7) is 7.91. The second-order valence-electron chi connectivity index (χ2n) is 4.99. The maximum atomic E-state index is 11.5. The maximum absolute atomic E-state index is 11.5. The number of hydrogen-bond acceptors (Lipinski definition) is 3. The van der Waals surface area contributed by atoms with Gasteiger partial charge in [0.2, 0.25) is 0 Å². The second-order valence-corrected chi connectivity index (χ2v) is 4.99. The minimum atomic E-state index is 0.102. The number of carbonyl (C=O) groups excluding carboxylic acids is 1. The van der Waals surface area contributed by atoms with Crippen molar-refractivity contribution in [3.8, 4) is 0 Å². The molecule has 1 heterocycles. The van der Waals surface area contributed by atoms with Crippen molar-refractivity contribution in [3.05, 3.63) is 12.2 Å². The molecule has 1 fully saturated rings. The molecule has 15 heavy (non-hydrogen) atoms. The molecular weight excluding hydrogens is 190 g/mol. The van der Waals surface area contributed by atoms with Gasteiger partial charge >= 0.3 is 0 Å². The average molecular weight is 209 g/mol. The number of ether oxygens (including phenoxy) is 1. The lowest BCUT2D eigenvalue weighted by Crippen LogP contribution is -2.51. The van der Waals surface area contributed by atoms with E-state index >= 15 is 0 Å². The average Bonchev–Trinajstić information content (AvgIpc) is 2.23. The maximum Gasteiger partial charge on any atom is 0.156 e. The van der Waals surface area contributed by atoms with E-state index in [0.29, 0.717) is 12.5 Å². The number of ketones is 1. The molecule has 0 bridgehead atoms. The largest absolute Gasteiger partial charge is 0.379 e. The Hall–Kier alpha value is -0.670. The van der Waals surface area contributed by atoms with Crippen molar-refractivity contribution in [2.24, 2.45) is 5.41 Å². The van der Waals surface area contributed by atoms with Crippen LogP contribution in [-0.2, 0) is 9.53 Å². The zero-order valence-electron chi connectivity index (χ0n) is 9.53. The Kier molecular flexibility index (Phi) is 2.94. The van der Waals surface area contributed by atoms with E-state index in [1.807, 2.05) is 0 Å². The zero-order valence-corrected chi connectivity index (χ0v) is 9.53. The Morgan fingerprint density at radius 2 is 2.07 bits per heavy atom. The quantitative estimate of drug-likeness (QED) is 0.651. The summed E-state index contributed by atoms with van der Waals surface area (Å²) < 4.78 is 5.34. The minimum absolute atomic E-state index is 0.102. The van der Waals surface area contributed by atoms with E-state index in [9.17, 15) is 4.79 Å². The smallest absolute Gasteiger partial charge is 0.156 e. The number of carbonyl (C=O) groups is 1. The highest BCUT2D eigenvalue weighted by atomic mass is 16.5. The van der Waals surface area contributed by atoms with Crippen LogP contribution in [0, 0.1) is 5.41 Å². The summed E-state index contributed by atoms with van der Waals surface area (Å²) in [5.74, 6) is 0.255. The molecule has 0 aromatic heterocycles. The third-order valence-electron chi connectivity index (χ3n) is 3.44. The van der Waals surface area contributed by atoms with Gasteiger partial charge in [-0.3, -0.25) is 9.69 Å². The van der Waals surface area contributed by atoms with Crippen LogP contribution in [0.4, 0.5) is 0 Å². The van der Waals surface area contributed by atoms with E-state index in [2.05, 4.69) is 24.8 Å². The Bertz CT molecular complexity index is 277. The van der Waals surface area contributed by atoms with E-state index in [-0.39, 0.29) is 11.2 Å². The van der Waals surface area contributed by atoms with Crippen molar-refractivity contribution in [1.29, 1.82) is 0 Å². The predicted molar refractivity (Wildman–Crippen MR) is 58.7 cm³/mol. The van der Waals surface area contributed by atoms with Gasteiger partial charge in [-0.25, -0.2) is 0 Å². The predicted octanol–water partition coefficient (Wildman–Crippen LogP) is 1.24. The monoisotopic (exact) mass is 209 g/mol. The normalized spacial score (nSPS) is 31.9. The van der Waals surface area contributed by atoms with Crippen molar-refractivity contribution in [1.82, 2.24) is 4.90 Å². The molecule has 0 spiro atoms. The highest BCUT2D eigenvalue weighted by Crippen LogP contribution is 2.33. The lowest BCUT2D eigenvalue weighted by Gasteiger charge is -2.43. The standard InChI is InChI=1S/C12H19NO2/c1-12(2)4-3-10(14)9-11(12)13-5-7-15-8-6-13/h3-4,11H,5-9H2,1-2H3. The molecular formula is C12H19NO2. The molecule has 0 saturated carbocycles. The van der Waals surface area contributed by atoms with E-state index < -0.39 is 0 Å². The number of rotatable bonds is 1. The van der Waals surface area contributed by atoms with Crippen LogP contribution in [0.2, 0.25) is 0 Å². The second kappa shape index (κ2) is 4.06. The van der Waals surface area contributed by atoms with Gasteiger partial charge in [-0.2, -0.15) is 0 Å². The molecule has 0 aromatic carbocycles. The molecule has 3 nitrogen and oxygen atoms in total. The molecule has 2 rings (SSSR count). The van der Waals surface area contributed by atoms with Crippen molar-refractivity contribution in [3.63, 3.8) is 0 Å². The fourth-order valence-corrected chi connectivity index (χ4v) is 2.43. The van der Waals surface area contributed by atoms with Crippen LogP contribution < -0.4 is 0 Å². The Balaban J connectivity index is 2.12. The molecule has 0 aromatic rings. The Morgan fingerprint density at radius 3 is 2.73 bits per heavy atom. The topological polar surface area (TPSA) is 29.5 Å². The minimum Gasteiger partial charge on any atom is -0.379 e. The lowest BCUT2D eigenvalue weighted by atomic mass is 9.76. The van der Waals surface area contributed by atoms with Gasteiger partial charge in [0.25, 0.3) is 0 Å². The molecule has 2 aliphatic rings. The van der Waals surface area contributed by atoms with Gasteiger partial charge in [-0.15, -0.1) is 0 Å². The molecule has 3 heteroatoms. The summed E-state index contributed by atoms with van der Waals surface area (Å²) in [6.07, 6.45) is 4.44. The molecule has 0 radical (unpaired) electrons. The molecule has 1 saturated heterocycles. The third kappa shape index (κ3) is 2.29. The first-order valence-corrected chi connectivity index (χ1v) is 5.63. The van der Waals surface area contributed by atoms with Gasteiger partial charge < -0.3 is 4.74 Å². The van der Waals surface area contributed by atoms with E-state index in [0.717, 1.165) is 26.3 Å². The fourth-order valence-electron chi connectivity index (χ4n) is 2.43. The van der Waals surface area contributed by atoms with E-state index in [4.69, 9.17) is 4.74 Å². The lowest BCUT2D eigenvalue weighted by molar-refractivity contribution is -0.118. The third-order valence-corrected chi connectivity index (χ3v) is 3.44. The van der Waals surface area contributed by atoms with E-state index in [1.54, 1.807) is 6.08 Å². The number of nitrogens with zero attached hydrogens (tertiary/aromatic N) is 1. The van der Waals surface area contributed by atoms with Crippen molar-refractivity contribution < 1.29 is 9.53 Å². The van der Waals surface area contributed by atoms with E-state index in [1.165, 1.54) is 0 Å². The fraction of sp³-hybridized carbons (Fsp3) is 0.750. The summed E-state index contributed by atoms with van der Waals surface area (Å²) in [6, 6.07) is 0.346.